The quantitative estimate of drug-likeness (QED) is 0.654. The van der Waals surface area contributed by atoms with Gasteiger partial charge in [-0.25, -0.2) is 8.78 Å². The third-order valence-corrected chi connectivity index (χ3v) is 2.66. The molecule has 0 atom stereocenters. The lowest BCUT2D eigenvalue weighted by Gasteiger charge is -2.05. The minimum Gasteiger partial charge on any atom is -0.399 e. The summed E-state index contributed by atoms with van der Waals surface area (Å²) in [6.07, 6.45) is 0. The second kappa shape index (κ2) is 4.56. The molecule has 0 spiro atoms. The van der Waals surface area contributed by atoms with Crippen molar-refractivity contribution in [3.63, 3.8) is 0 Å². The molecule has 4 heteroatoms. The number of halogens is 2. The van der Waals surface area contributed by atoms with Crippen molar-refractivity contribution in [1.82, 2.24) is 0 Å². The van der Waals surface area contributed by atoms with E-state index >= 15 is 0 Å². The summed E-state index contributed by atoms with van der Waals surface area (Å²) in [6.45, 7) is 1.76. The molecular weight excluding hydrogens is 236 g/mol. The van der Waals surface area contributed by atoms with Crippen LogP contribution in [0.15, 0.2) is 36.4 Å². The Kier molecular flexibility index (Phi) is 3.10. The minimum absolute atomic E-state index is 0.0170. The van der Waals surface area contributed by atoms with E-state index in [4.69, 9.17) is 5.73 Å². The maximum absolute atomic E-state index is 13.0. The van der Waals surface area contributed by atoms with E-state index in [1.165, 1.54) is 6.07 Å². The lowest BCUT2D eigenvalue weighted by atomic mass is 10.0. The van der Waals surface area contributed by atoms with E-state index in [1.54, 1.807) is 19.1 Å². The fourth-order valence-electron chi connectivity index (χ4n) is 1.67. The first kappa shape index (κ1) is 12.2. The van der Waals surface area contributed by atoms with E-state index in [2.05, 4.69) is 0 Å². The van der Waals surface area contributed by atoms with Gasteiger partial charge in [-0.1, -0.05) is 0 Å². The predicted octanol–water partition coefficient (Wildman–Crippen LogP) is 3.09. The monoisotopic (exact) mass is 247 g/mol. The Morgan fingerprint density at radius 1 is 1.00 bits per heavy atom. The molecule has 0 amide bonds. The van der Waals surface area contributed by atoms with Gasteiger partial charge in [0.15, 0.2) is 5.78 Å². The summed E-state index contributed by atoms with van der Waals surface area (Å²) in [5, 5.41) is 0. The van der Waals surface area contributed by atoms with Crippen LogP contribution in [-0.4, -0.2) is 5.78 Å². The van der Waals surface area contributed by atoms with Crippen LogP contribution in [0, 0.1) is 18.6 Å². The van der Waals surface area contributed by atoms with Crippen molar-refractivity contribution in [3.05, 3.63) is 64.7 Å². The first-order valence-corrected chi connectivity index (χ1v) is 5.34. The van der Waals surface area contributed by atoms with Crippen molar-refractivity contribution in [1.29, 1.82) is 0 Å². The van der Waals surface area contributed by atoms with Gasteiger partial charge >= 0.3 is 0 Å². The Labute approximate surface area is 103 Å². The molecule has 0 aliphatic carbocycles. The fraction of sp³-hybridized carbons (Fsp3) is 0.0714. The van der Waals surface area contributed by atoms with Gasteiger partial charge in [0.2, 0.25) is 0 Å². The molecule has 0 bridgehead atoms. The molecular formula is C14H11F2NO. The van der Waals surface area contributed by atoms with Crippen molar-refractivity contribution in [2.24, 2.45) is 0 Å². The Bertz CT molecular complexity index is 603. The van der Waals surface area contributed by atoms with Gasteiger partial charge in [-0.15, -0.1) is 0 Å². The van der Waals surface area contributed by atoms with Gasteiger partial charge in [-0.2, -0.15) is 0 Å². The summed E-state index contributed by atoms with van der Waals surface area (Å²) in [5.74, 6) is -1.98. The van der Waals surface area contributed by atoms with Crippen molar-refractivity contribution in [2.75, 3.05) is 5.73 Å². The van der Waals surface area contributed by atoms with Gasteiger partial charge in [-0.3, -0.25) is 4.79 Å². The molecule has 18 heavy (non-hydrogen) atoms. The van der Waals surface area contributed by atoms with Gasteiger partial charge in [0, 0.05) is 22.9 Å². The standard InChI is InChI=1S/C14H11F2NO/c1-8-4-9(2-3-13(8)17)14(18)10-5-11(15)7-12(16)6-10/h2-7H,17H2,1H3. The average molecular weight is 247 g/mol. The number of hydrogen-bond donors (Lipinski definition) is 1. The molecule has 2 nitrogen and oxygen atoms in total. The SMILES string of the molecule is Cc1cc(C(=O)c2cc(F)cc(F)c2)ccc1N. The Morgan fingerprint density at radius 3 is 2.17 bits per heavy atom. The average Bonchev–Trinajstić information content (AvgIpc) is 2.30. The Hall–Kier alpha value is -2.23. The molecule has 0 aromatic heterocycles. The fourth-order valence-corrected chi connectivity index (χ4v) is 1.67. The Morgan fingerprint density at radius 2 is 1.61 bits per heavy atom. The number of hydrogen-bond acceptors (Lipinski definition) is 2. The number of nitrogens with two attached hydrogens (primary N) is 1. The van der Waals surface area contributed by atoms with Crippen molar-refractivity contribution >= 4 is 11.5 Å². The van der Waals surface area contributed by atoms with Gasteiger partial charge in [0.1, 0.15) is 11.6 Å². The predicted molar refractivity (Wildman–Crippen MR) is 65.4 cm³/mol. The lowest BCUT2D eigenvalue weighted by Crippen LogP contribution is -2.04. The number of benzene rings is 2. The van der Waals surface area contributed by atoms with E-state index in [0.717, 1.165) is 23.8 Å². The highest BCUT2D eigenvalue weighted by Crippen LogP contribution is 2.17. The van der Waals surface area contributed by atoms with Crippen LogP contribution in [0.3, 0.4) is 0 Å². The number of nitrogen functional groups attached to an aromatic ring is 1. The van der Waals surface area contributed by atoms with Gasteiger partial charge in [0.05, 0.1) is 0 Å². The third kappa shape index (κ3) is 2.37. The molecule has 0 saturated heterocycles. The molecule has 2 N–H and O–H groups in total. The van der Waals surface area contributed by atoms with Crippen LogP contribution >= 0.6 is 0 Å². The summed E-state index contributed by atoms with van der Waals surface area (Å²) in [4.78, 5) is 12.0. The number of rotatable bonds is 2. The van der Waals surface area contributed by atoms with Gasteiger partial charge in [0.25, 0.3) is 0 Å². The topological polar surface area (TPSA) is 43.1 Å². The molecule has 2 aromatic carbocycles. The Balaban J connectivity index is 2.44. The van der Waals surface area contributed by atoms with Crippen molar-refractivity contribution in [2.45, 2.75) is 6.92 Å². The van der Waals surface area contributed by atoms with Crippen LogP contribution in [0.25, 0.3) is 0 Å². The molecule has 0 unspecified atom stereocenters. The number of carbonyl (C=O) groups excluding carboxylic acids is 1. The second-order valence-corrected chi connectivity index (χ2v) is 4.06. The normalized spacial score (nSPS) is 10.4. The molecule has 0 heterocycles. The lowest BCUT2D eigenvalue weighted by molar-refractivity contribution is 0.103. The number of aryl methyl sites for hydroxylation is 1. The van der Waals surface area contributed by atoms with E-state index in [-0.39, 0.29) is 5.56 Å². The summed E-state index contributed by atoms with van der Waals surface area (Å²) in [6, 6.07) is 7.48. The van der Waals surface area contributed by atoms with E-state index < -0.39 is 17.4 Å². The first-order valence-electron chi connectivity index (χ1n) is 5.34. The second-order valence-electron chi connectivity index (χ2n) is 4.06. The molecule has 0 saturated carbocycles. The highest BCUT2D eigenvalue weighted by Gasteiger charge is 2.12. The van der Waals surface area contributed by atoms with E-state index in [1.807, 2.05) is 0 Å². The van der Waals surface area contributed by atoms with Crippen LogP contribution < -0.4 is 5.73 Å². The number of carbonyl (C=O) groups is 1. The molecule has 0 fully saturated rings. The maximum atomic E-state index is 13.0. The largest absolute Gasteiger partial charge is 0.399 e. The smallest absolute Gasteiger partial charge is 0.193 e. The summed E-state index contributed by atoms with van der Waals surface area (Å²) < 4.78 is 26.1. The zero-order valence-electron chi connectivity index (χ0n) is 9.71. The molecule has 92 valence electrons. The van der Waals surface area contributed by atoms with Gasteiger partial charge < -0.3 is 5.73 Å². The van der Waals surface area contributed by atoms with Gasteiger partial charge in [-0.05, 0) is 42.8 Å². The van der Waals surface area contributed by atoms with Crippen LogP contribution in [0.4, 0.5) is 14.5 Å². The summed E-state index contributed by atoms with van der Waals surface area (Å²) >= 11 is 0. The minimum atomic E-state index is -0.773. The van der Waals surface area contributed by atoms with Crippen LogP contribution in [-0.2, 0) is 0 Å². The molecule has 2 rings (SSSR count). The van der Waals surface area contributed by atoms with Crippen molar-refractivity contribution in [3.8, 4) is 0 Å². The third-order valence-electron chi connectivity index (χ3n) is 2.66. The summed E-state index contributed by atoms with van der Waals surface area (Å²) in [7, 11) is 0. The molecule has 0 aliphatic heterocycles. The summed E-state index contributed by atoms with van der Waals surface area (Å²) in [5.41, 5.74) is 7.30. The molecule has 0 aliphatic rings. The zero-order chi connectivity index (χ0) is 13.3. The van der Waals surface area contributed by atoms with E-state index in [0.29, 0.717) is 11.3 Å². The highest BCUT2D eigenvalue weighted by molar-refractivity contribution is 6.09. The maximum Gasteiger partial charge on any atom is 0.193 e. The van der Waals surface area contributed by atoms with Crippen molar-refractivity contribution < 1.29 is 13.6 Å². The number of ketones is 1. The first-order chi connectivity index (χ1) is 8.47. The number of anilines is 1. The molecule has 2 aromatic rings. The molecule has 0 radical (unpaired) electrons. The van der Waals surface area contributed by atoms with Crippen LogP contribution in [0.2, 0.25) is 0 Å². The zero-order valence-corrected chi connectivity index (χ0v) is 9.71. The van der Waals surface area contributed by atoms with Crippen LogP contribution in [0.1, 0.15) is 21.5 Å². The van der Waals surface area contributed by atoms with E-state index in [9.17, 15) is 13.6 Å². The van der Waals surface area contributed by atoms with Crippen LogP contribution in [0.5, 0.6) is 0 Å². The highest BCUT2D eigenvalue weighted by atomic mass is 19.1.